The summed E-state index contributed by atoms with van der Waals surface area (Å²) in [4.78, 5) is 40.0. The van der Waals surface area contributed by atoms with E-state index in [4.69, 9.17) is 4.74 Å². The molecule has 1 aliphatic heterocycles. The Hall–Kier alpha value is -2.70. The molecular formula is C22H29N3O4. The summed E-state index contributed by atoms with van der Waals surface area (Å²) in [6.45, 7) is 9.47. The summed E-state index contributed by atoms with van der Waals surface area (Å²) in [7, 11) is 0. The van der Waals surface area contributed by atoms with E-state index < -0.39 is 12.1 Å². The van der Waals surface area contributed by atoms with Crippen LogP contribution in [0, 0.1) is 11.8 Å². The lowest BCUT2D eigenvalue weighted by molar-refractivity contribution is -0.141. The third-order valence-corrected chi connectivity index (χ3v) is 5.33. The molecule has 0 aliphatic carbocycles. The van der Waals surface area contributed by atoms with Crippen LogP contribution in [-0.4, -0.2) is 45.8 Å². The number of hydrogen-bond donors (Lipinski definition) is 0. The van der Waals surface area contributed by atoms with Gasteiger partial charge in [0.15, 0.2) is 11.8 Å². The number of fused-ring (bicyclic) bond motifs is 1. The Kier molecular flexibility index (Phi) is 6.35. The van der Waals surface area contributed by atoms with Crippen molar-refractivity contribution in [1.29, 1.82) is 0 Å². The first kappa shape index (κ1) is 21.0. The van der Waals surface area contributed by atoms with Crippen molar-refractivity contribution in [2.24, 2.45) is 11.8 Å². The smallest absolute Gasteiger partial charge is 0.360 e. The Morgan fingerprint density at radius 2 is 1.76 bits per heavy atom. The molecule has 1 atom stereocenters. The van der Waals surface area contributed by atoms with Gasteiger partial charge in [0.1, 0.15) is 0 Å². The molecule has 0 spiro atoms. The number of ether oxygens (including phenoxy) is 1. The number of benzene rings is 1. The van der Waals surface area contributed by atoms with Gasteiger partial charge in [0.2, 0.25) is 0 Å². The summed E-state index contributed by atoms with van der Waals surface area (Å²) in [6, 6.07) is 6.85. The van der Waals surface area contributed by atoms with Gasteiger partial charge in [-0.1, -0.05) is 39.0 Å². The van der Waals surface area contributed by atoms with Gasteiger partial charge in [-0.15, -0.1) is 0 Å². The molecule has 1 aromatic carbocycles. The molecule has 29 heavy (non-hydrogen) atoms. The number of rotatable bonds is 5. The average Bonchev–Trinajstić information content (AvgIpc) is 2.69. The number of carbonyl (C=O) groups is 2. The zero-order valence-corrected chi connectivity index (χ0v) is 17.6. The van der Waals surface area contributed by atoms with E-state index in [0.717, 1.165) is 12.8 Å². The number of piperidine rings is 1. The highest BCUT2D eigenvalue weighted by Crippen LogP contribution is 2.19. The number of esters is 1. The second-order valence-electron chi connectivity index (χ2n) is 8.33. The van der Waals surface area contributed by atoms with E-state index in [1.54, 1.807) is 36.1 Å². The monoisotopic (exact) mass is 399 g/mol. The van der Waals surface area contributed by atoms with Gasteiger partial charge in [-0.3, -0.25) is 9.59 Å². The summed E-state index contributed by atoms with van der Waals surface area (Å²) >= 11 is 0. The van der Waals surface area contributed by atoms with E-state index in [2.05, 4.69) is 12.0 Å². The molecule has 0 bridgehead atoms. The Morgan fingerprint density at radius 3 is 2.38 bits per heavy atom. The van der Waals surface area contributed by atoms with Crippen molar-refractivity contribution < 1.29 is 14.3 Å². The van der Waals surface area contributed by atoms with Gasteiger partial charge in [0.05, 0.1) is 5.39 Å². The number of aromatic nitrogens is 2. The van der Waals surface area contributed by atoms with Crippen molar-refractivity contribution >= 4 is 22.6 Å². The van der Waals surface area contributed by atoms with E-state index in [-0.39, 0.29) is 23.1 Å². The van der Waals surface area contributed by atoms with E-state index in [0.29, 0.717) is 36.3 Å². The first-order valence-corrected chi connectivity index (χ1v) is 10.3. The minimum atomic E-state index is -0.901. The molecule has 1 fully saturated rings. The second kappa shape index (κ2) is 8.76. The quantitative estimate of drug-likeness (QED) is 0.722. The fourth-order valence-electron chi connectivity index (χ4n) is 3.61. The van der Waals surface area contributed by atoms with Gasteiger partial charge >= 0.3 is 5.97 Å². The maximum Gasteiger partial charge on any atom is 0.360 e. The molecule has 0 N–H and O–H groups in total. The molecule has 7 heteroatoms. The minimum absolute atomic E-state index is 0.0627. The average molecular weight is 399 g/mol. The Balaban J connectivity index is 1.85. The van der Waals surface area contributed by atoms with Crippen LogP contribution in [0.2, 0.25) is 0 Å². The molecule has 3 rings (SSSR count). The largest absolute Gasteiger partial charge is 0.448 e. The standard InChI is InChI=1S/C22H29N3O4/c1-14(2)13-25-21(27)18-8-6-5-7-17(18)19(23-25)22(28)29-16(4)20(26)24-11-9-15(3)10-12-24/h5-8,14-16H,9-13H2,1-4H3/t16-/m0/s1. The van der Waals surface area contributed by atoms with Crippen molar-refractivity contribution in [2.45, 2.75) is 53.2 Å². The maximum atomic E-state index is 12.9. The minimum Gasteiger partial charge on any atom is -0.448 e. The lowest BCUT2D eigenvalue weighted by atomic mass is 9.99. The van der Waals surface area contributed by atoms with Crippen LogP contribution in [0.15, 0.2) is 29.1 Å². The molecule has 1 aliphatic rings. The SMILES string of the molecule is CC(C)Cn1nc(C(=O)O[C@@H](C)C(=O)N2CCC(C)CC2)c2ccccc2c1=O. The molecule has 1 amide bonds. The summed E-state index contributed by atoms with van der Waals surface area (Å²) in [6.07, 6.45) is 1.01. The van der Waals surface area contributed by atoms with Gasteiger partial charge in [0, 0.05) is 25.0 Å². The molecule has 7 nitrogen and oxygen atoms in total. The Bertz CT molecular complexity index is 958. The predicted molar refractivity (Wildman–Crippen MR) is 111 cm³/mol. The van der Waals surface area contributed by atoms with Gasteiger partial charge in [-0.05, 0) is 37.7 Å². The van der Waals surface area contributed by atoms with E-state index in [1.165, 1.54) is 4.68 Å². The van der Waals surface area contributed by atoms with Gasteiger partial charge < -0.3 is 9.64 Å². The van der Waals surface area contributed by atoms with Crippen molar-refractivity contribution in [3.05, 3.63) is 40.3 Å². The number of carbonyl (C=O) groups excluding carboxylic acids is 2. The maximum absolute atomic E-state index is 12.9. The lowest BCUT2D eigenvalue weighted by Gasteiger charge is -2.31. The fraction of sp³-hybridized carbons (Fsp3) is 0.545. The van der Waals surface area contributed by atoms with Crippen LogP contribution >= 0.6 is 0 Å². The summed E-state index contributed by atoms with van der Waals surface area (Å²) < 4.78 is 6.79. The topological polar surface area (TPSA) is 81.5 Å². The highest BCUT2D eigenvalue weighted by molar-refractivity contribution is 6.02. The zero-order chi connectivity index (χ0) is 21.1. The summed E-state index contributed by atoms with van der Waals surface area (Å²) in [5.41, 5.74) is -0.176. The zero-order valence-electron chi connectivity index (χ0n) is 17.6. The van der Waals surface area contributed by atoms with Crippen molar-refractivity contribution in [3.63, 3.8) is 0 Å². The van der Waals surface area contributed by atoms with E-state index in [9.17, 15) is 14.4 Å². The second-order valence-corrected chi connectivity index (χ2v) is 8.33. The molecule has 2 heterocycles. The number of likely N-dealkylation sites (tertiary alicyclic amines) is 1. The summed E-state index contributed by atoms with van der Waals surface area (Å²) in [5, 5.41) is 5.13. The molecule has 0 saturated carbocycles. The predicted octanol–water partition coefficient (Wildman–Crippen LogP) is 2.86. The van der Waals surface area contributed by atoms with Gasteiger partial charge in [-0.2, -0.15) is 5.10 Å². The highest BCUT2D eigenvalue weighted by Gasteiger charge is 2.28. The normalized spacial score (nSPS) is 16.2. The number of amides is 1. The first-order chi connectivity index (χ1) is 13.8. The van der Waals surface area contributed by atoms with Gasteiger partial charge in [0.25, 0.3) is 11.5 Å². The van der Waals surface area contributed by atoms with Crippen molar-refractivity contribution in [3.8, 4) is 0 Å². The fourth-order valence-corrected chi connectivity index (χ4v) is 3.61. The van der Waals surface area contributed by atoms with E-state index >= 15 is 0 Å². The molecule has 1 saturated heterocycles. The van der Waals surface area contributed by atoms with E-state index in [1.807, 2.05) is 13.8 Å². The highest BCUT2D eigenvalue weighted by atomic mass is 16.5. The van der Waals surface area contributed by atoms with Crippen molar-refractivity contribution in [2.75, 3.05) is 13.1 Å². The van der Waals surface area contributed by atoms with Crippen LogP contribution in [0.5, 0.6) is 0 Å². The lowest BCUT2D eigenvalue weighted by Crippen LogP contribution is -2.44. The molecule has 2 aromatic rings. The van der Waals surface area contributed by atoms with Crippen LogP contribution in [0.25, 0.3) is 10.8 Å². The third-order valence-electron chi connectivity index (χ3n) is 5.33. The molecule has 156 valence electrons. The Labute approximate surface area is 170 Å². The van der Waals surface area contributed by atoms with Crippen LogP contribution < -0.4 is 5.56 Å². The first-order valence-electron chi connectivity index (χ1n) is 10.3. The number of hydrogen-bond acceptors (Lipinski definition) is 5. The van der Waals surface area contributed by atoms with Crippen LogP contribution in [0.4, 0.5) is 0 Å². The van der Waals surface area contributed by atoms with Crippen LogP contribution in [-0.2, 0) is 16.1 Å². The number of nitrogens with zero attached hydrogens (tertiary/aromatic N) is 3. The van der Waals surface area contributed by atoms with Gasteiger partial charge in [-0.25, -0.2) is 9.48 Å². The summed E-state index contributed by atoms with van der Waals surface area (Å²) in [5.74, 6) is -0.0864. The van der Waals surface area contributed by atoms with Crippen LogP contribution in [0.1, 0.15) is 51.0 Å². The molecular weight excluding hydrogens is 370 g/mol. The Morgan fingerprint density at radius 1 is 1.14 bits per heavy atom. The molecule has 1 aromatic heterocycles. The van der Waals surface area contributed by atoms with Crippen molar-refractivity contribution in [1.82, 2.24) is 14.7 Å². The molecule has 0 radical (unpaired) electrons. The van der Waals surface area contributed by atoms with Crippen LogP contribution in [0.3, 0.4) is 0 Å². The molecule has 0 unspecified atom stereocenters. The third kappa shape index (κ3) is 4.66.